The number of amides is 1. The van der Waals surface area contributed by atoms with Crippen molar-refractivity contribution in [1.82, 2.24) is 5.32 Å². The second-order valence-corrected chi connectivity index (χ2v) is 3.78. The highest BCUT2D eigenvalue weighted by Gasteiger charge is 2.11. The van der Waals surface area contributed by atoms with Gasteiger partial charge in [-0.2, -0.15) is 5.26 Å². The average molecular weight is 247 g/mol. The van der Waals surface area contributed by atoms with Crippen molar-refractivity contribution in [3.05, 3.63) is 29.8 Å². The number of nitrogens with zero attached hydrogens (tertiary/aromatic N) is 1. The summed E-state index contributed by atoms with van der Waals surface area (Å²) in [5.74, 6) is 0.287. The number of nitriles is 1. The van der Waals surface area contributed by atoms with Crippen LogP contribution in [0.3, 0.4) is 0 Å². The van der Waals surface area contributed by atoms with Gasteiger partial charge in [0.15, 0.2) is 6.61 Å². The van der Waals surface area contributed by atoms with Crippen LogP contribution in [0.25, 0.3) is 0 Å². The van der Waals surface area contributed by atoms with E-state index in [0.29, 0.717) is 5.75 Å². The summed E-state index contributed by atoms with van der Waals surface area (Å²) in [5, 5.41) is 10.7. The molecule has 0 bridgehead atoms. The van der Waals surface area contributed by atoms with E-state index in [1.54, 1.807) is 6.07 Å². The highest BCUT2D eigenvalue weighted by Crippen LogP contribution is 2.25. The Bertz CT molecular complexity index is 440. The number of ether oxygens (including phenoxy) is 1. The highest BCUT2D eigenvalue weighted by atomic mass is 16.5. The Balaban J connectivity index is 2.62. The molecule has 0 saturated heterocycles. The van der Waals surface area contributed by atoms with Crippen LogP contribution >= 0.6 is 0 Å². The van der Waals surface area contributed by atoms with Crippen LogP contribution in [-0.4, -0.2) is 19.1 Å². The van der Waals surface area contributed by atoms with E-state index < -0.39 is 0 Å². The van der Waals surface area contributed by atoms with Crippen LogP contribution in [0.2, 0.25) is 0 Å². The fourth-order valence-corrected chi connectivity index (χ4v) is 1.47. The zero-order valence-corrected chi connectivity index (χ0v) is 10.3. The van der Waals surface area contributed by atoms with Crippen molar-refractivity contribution < 1.29 is 9.53 Å². The summed E-state index contributed by atoms with van der Waals surface area (Å²) < 4.78 is 5.42. The molecule has 1 rings (SSSR count). The lowest BCUT2D eigenvalue weighted by atomic mass is 10.0. The molecule has 0 aliphatic carbocycles. The molecule has 0 saturated carbocycles. The SMILES string of the molecule is CCC(N)c1ccccc1OCC(=O)NCC#N. The van der Waals surface area contributed by atoms with Gasteiger partial charge in [0.05, 0.1) is 6.07 Å². The van der Waals surface area contributed by atoms with E-state index in [0.717, 1.165) is 12.0 Å². The Morgan fingerprint density at radius 2 is 2.28 bits per heavy atom. The fourth-order valence-electron chi connectivity index (χ4n) is 1.47. The predicted molar refractivity (Wildman–Crippen MR) is 67.8 cm³/mol. The van der Waals surface area contributed by atoms with E-state index >= 15 is 0 Å². The van der Waals surface area contributed by atoms with Crippen molar-refractivity contribution in [3.8, 4) is 11.8 Å². The zero-order valence-electron chi connectivity index (χ0n) is 10.3. The van der Waals surface area contributed by atoms with Crippen LogP contribution in [0, 0.1) is 11.3 Å². The standard InChI is InChI=1S/C13H17N3O2/c1-2-11(15)10-5-3-4-6-12(10)18-9-13(17)16-8-7-14/h3-6,11H,2,8-9,15H2,1H3,(H,16,17). The van der Waals surface area contributed by atoms with Crippen LogP contribution in [0.5, 0.6) is 5.75 Å². The maximum Gasteiger partial charge on any atom is 0.258 e. The van der Waals surface area contributed by atoms with E-state index in [9.17, 15) is 4.79 Å². The first-order valence-corrected chi connectivity index (χ1v) is 5.80. The molecule has 3 N–H and O–H groups in total. The largest absolute Gasteiger partial charge is 0.483 e. The van der Waals surface area contributed by atoms with Gasteiger partial charge in [-0.05, 0) is 12.5 Å². The number of hydrogen-bond donors (Lipinski definition) is 2. The summed E-state index contributed by atoms with van der Waals surface area (Å²) >= 11 is 0. The molecule has 0 aliphatic heterocycles. The van der Waals surface area contributed by atoms with Crippen LogP contribution < -0.4 is 15.8 Å². The van der Waals surface area contributed by atoms with Crippen molar-refractivity contribution >= 4 is 5.91 Å². The van der Waals surface area contributed by atoms with Gasteiger partial charge in [0.1, 0.15) is 12.3 Å². The molecule has 1 amide bonds. The molecule has 1 aromatic carbocycles. The molecule has 0 radical (unpaired) electrons. The summed E-state index contributed by atoms with van der Waals surface area (Å²) in [7, 11) is 0. The van der Waals surface area contributed by atoms with Crippen molar-refractivity contribution in [2.24, 2.45) is 5.73 Å². The summed E-state index contributed by atoms with van der Waals surface area (Å²) in [6.07, 6.45) is 0.793. The number of benzene rings is 1. The molecule has 96 valence electrons. The molecule has 5 heteroatoms. The summed E-state index contributed by atoms with van der Waals surface area (Å²) in [5.41, 5.74) is 6.84. The van der Waals surface area contributed by atoms with Gasteiger partial charge >= 0.3 is 0 Å². The lowest BCUT2D eigenvalue weighted by Gasteiger charge is -2.15. The Morgan fingerprint density at radius 3 is 2.94 bits per heavy atom. The molecule has 5 nitrogen and oxygen atoms in total. The fraction of sp³-hybridized carbons (Fsp3) is 0.385. The van der Waals surface area contributed by atoms with Crippen LogP contribution in [0.4, 0.5) is 0 Å². The lowest BCUT2D eigenvalue weighted by Crippen LogP contribution is -2.29. The minimum Gasteiger partial charge on any atom is -0.483 e. The summed E-state index contributed by atoms with van der Waals surface area (Å²) in [6.45, 7) is 1.86. The number of hydrogen-bond acceptors (Lipinski definition) is 4. The van der Waals surface area contributed by atoms with Crippen molar-refractivity contribution in [1.29, 1.82) is 5.26 Å². The number of carbonyl (C=O) groups excluding carboxylic acids is 1. The molecule has 0 aliphatic rings. The maximum atomic E-state index is 11.3. The summed E-state index contributed by atoms with van der Waals surface area (Å²) in [6, 6.07) is 9.10. The minimum absolute atomic E-state index is 0.0156. The monoisotopic (exact) mass is 247 g/mol. The molecule has 0 heterocycles. The van der Waals surface area contributed by atoms with E-state index in [4.69, 9.17) is 15.7 Å². The van der Waals surface area contributed by atoms with Crippen molar-refractivity contribution in [2.75, 3.05) is 13.2 Å². The Morgan fingerprint density at radius 1 is 1.56 bits per heavy atom. The molecule has 1 unspecified atom stereocenters. The molecule has 1 aromatic rings. The second-order valence-electron chi connectivity index (χ2n) is 3.78. The van der Waals surface area contributed by atoms with Crippen molar-refractivity contribution in [3.63, 3.8) is 0 Å². The predicted octanol–water partition coefficient (Wildman–Crippen LogP) is 1.11. The first kappa shape index (κ1) is 14.0. The van der Waals surface area contributed by atoms with Gasteiger partial charge in [-0.3, -0.25) is 4.79 Å². The number of para-hydroxylation sites is 1. The van der Waals surface area contributed by atoms with Crippen LogP contribution in [0.1, 0.15) is 24.9 Å². The van der Waals surface area contributed by atoms with E-state index in [1.165, 1.54) is 0 Å². The highest BCUT2D eigenvalue weighted by molar-refractivity contribution is 5.77. The zero-order chi connectivity index (χ0) is 13.4. The molecule has 1 atom stereocenters. The first-order chi connectivity index (χ1) is 8.69. The van der Waals surface area contributed by atoms with Gasteiger partial charge in [-0.15, -0.1) is 0 Å². The third-order valence-corrected chi connectivity index (χ3v) is 2.48. The van der Waals surface area contributed by atoms with Crippen molar-refractivity contribution in [2.45, 2.75) is 19.4 Å². The third-order valence-electron chi connectivity index (χ3n) is 2.48. The topological polar surface area (TPSA) is 88.1 Å². The molecular weight excluding hydrogens is 230 g/mol. The van der Waals surface area contributed by atoms with Crippen LogP contribution in [-0.2, 0) is 4.79 Å². The Labute approximate surface area is 107 Å². The Hall–Kier alpha value is -2.06. The molecule has 0 fully saturated rings. The third kappa shape index (κ3) is 4.07. The smallest absolute Gasteiger partial charge is 0.258 e. The van der Waals surface area contributed by atoms with E-state index in [1.807, 2.05) is 31.2 Å². The summed E-state index contributed by atoms with van der Waals surface area (Å²) in [4.78, 5) is 11.3. The van der Waals surface area contributed by atoms with Gasteiger partial charge in [0.2, 0.25) is 0 Å². The molecule has 0 aromatic heterocycles. The molecule has 18 heavy (non-hydrogen) atoms. The van der Waals surface area contributed by atoms with Gasteiger partial charge < -0.3 is 15.8 Å². The number of nitrogens with two attached hydrogens (primary N) is 1. The van der Waals surface area contributed by atoms with E-state index in [2.05, 4.69) is 5.32 Å². The van der Waals surface area contributed by atoms with Gasteiger partial charge in [0, 0.05) is 11.6 Å². The first-order valence-electron chi connectivity index (χ1n) is 5.80. The number of nitrogens with one attached hydrogen (secondary N) is 1. The quantitative estimate of drug-likeness (QED) is 0.737. The van der Waals surface area contributed by atoms with Crippen LogP contribution in [0.15, 0.2) is 24.3 Å². The van der Waals surface area contributed by atoms with E-state index in [-0.39, 0.29) is 25.1 Å². The average Bonchev–Trinajstić information content (AvgIpc) is 2.42. The normalized spacial score (nSPS) is 11.4. The Kier molecular flexibility index (Phi) is 5.68. The molecule has 0 spiro atoms. The number of rotatable bonds is 6. The maximum absolute atomic E-state index is 11.3. The lowest BCUT2D eigenvalue weighted by molar-refractivity contribution is -0.122. The van der Waals surface area contributed by atoms with Gasteiger partial charge in [-0.25, -0.2) is 0 Å². The van der Waals surface area contributed by atoms with Gasteiger partial charge in [-0.1, -0.05) is 25.1 Å². The molecular formula is C13H17N3O2. The number of carbonyl (C=O) groups is 1. The van der Waals surface area contributed by atoms with Gasteiger partial charge in [0.25, 0.3) is 5.91 Å². The minimum atomic E-state index is -0.323. The second kappa shape index (κ2) is 7.30.